The molecule has 0 spiro atoms. The molecular weight excluding hydrogens is 238 g/mol. The first-order valence-electron chi connectivity index (χ1n) is 6.05. The molecule has 1 aromatic carbocycles. The molecule has 5 heteroatoms. The van der Waals surface area contributed by atoms with Gasteiger partial charge in [-0.15, -0.1) is 0 Å². The van der Waals surface area contributed by atoms with E-state index in [4.69, 9.17) is 11.6 Å². The zero-order valence-electron chi connectivity index (χ0n) is 10.9. The Balaban J connectivity index is 2.39. The molecule has 2 heterocycles. The predicted molar refractivity (Wildman–Crippen MR) is 77.0 cm³/mol. The van der Waals surface area contributed by atoms with Crippen molar-refractivity contribution in [1.29, 1.82) is 0 Å². The molecule has 4 N–H and O–H groups in total. The van der Waals surface area contributed by atoms with E-state index in [0.29, 0.717) is 17.2 Å². The van der Waals surface area contributed by atoms with Gasteiger partial charge in [-0.3, -0.25) is 0 Å². The van der Waals surface area contributed by atoms with Crippen molar-refractivity contribution in [3.05, 3.63) is 41.6 Å². The molecule has 3 rings (SSSR count). The van der Waals surface area contributed by atoms with Crippen LogP contribution in [-0.2, 0) is 0 Å². The van der Waals surface area contributed by atoms with E-state index in [-0.39, 0.29) is 0 Å². The van der Waals surface area contributed by atoms with Gasteiger partial charge in [-0.05, 0) is 19.4 Å². The molecule has 96 valence electrons. The zero-order valence-corrected chi connectivity index (χ0v) is 10.9. The van der Waals surface area contributed by atoms with Gasteiger partial charge in [0.2, 0.25) is 0 Å². The highest BCUT2D eigenvalue weighted by molar-refractivity contribution is 5.91. The number of hydrogen-bond acceptors (Lipinski definition) is 4. The molecule has 2 aromatic heterocycles. The number of benzene rings is 1. The molecule has 0 bridgehead atoms. The smallest absolute Gasteiger partial charge is 0.159 e. The Morgan fingerprint density at radius 1 is 1.05 bits per heavy atom. The minimum absolute atomic E-state index is 0.416. The van der Waals surface area contributed by atoms with Crippen LogP contribution in [0.3, 0.4) is 0 Å². The van der Waals surface area contributed by atoms with Gasteiger partial charge in [-0.25, -0.2) is 14.6 Å². The van der Waals surface area contributed by atoms with Gasteiger partial charge in [0, 0.05) is 11.3 Å². The number of fused-ring (bicyclic) bond motifs is 1. The number of aryl methyl sites for hydroxylation is 2. The zero-order chi connectivity index (χ0) is 13.6. The van der Waals surface area contributed by atoms with Crippen LogP contribution in [0.25, 0.3) is 22.4 Å². The van der Waals surface area contributed by atoms with Crippen LogP contribution in [0, 0.1) is 13.8 Å². The summed E-state index contributed by atoms with van der Waals surface area (Å²) in [5.74, 6) is 7.29. The normalized spacial score (nSPS) is 11.1. The van der Waals surface area contributed by atoms with E-state index >= 15 is 0 Å². The molecular formula is C14H15N5. The summed E-state index contributed by atoms with van der Waals surface area (Å²) in [7, 11) is 0. The van der Waals surface area contributed by atoms with Crippen LogP contribution in [0.2, 0.25) is 0 Å². The second-order valence-electron chi connectivity index (χ2n) is 4.58. The van der Waals surface area contributed by atoms with E-state index < -0.39 is 0 Å². The third kappa shape index (κ3) is 1.62. The van der Waals surface area contributed by atoms with Crippen molar-refractivity contribution in [2.45, 2.75) is 13.8 Å². The molecule has 19 heavy (non-hydrogen) atoms. The number of hydrogen-bond donors (Lipinski definition) is 2. The Hall–Kier alpha value is -2.56. The molecule has 0 unspecified atom stereocenters. The van der Waals surface area contributed by atoms with Crippen molar-refractivity contribution >= 4 is 16.9 Å². The molecule has 0 aliphatic heterocycles. The van der Waals surface area contributed by atoms with Crippen molar-refractivity contribution in [1.82, 2.24) is 14.6 Å². The molecule has 3 aromatic rings. The average molecular weight is 253 g/mol. The van der Waals surface area contributed by atoms with E-state index in [1.807, 2.05) is 44.2 Å². The first-order chi connectivity index (χ1) is 9.09. The number of pyridine rings is 1. The average Bonchev–Trinajstić information content (AvgIpc) is 2.76. The Morgan fingerprint density at radius 3 is 2.42 bits per heavy atom. The fourth-order valence-electron chi connectivity index (χ4n) is 2.25. The summed E-state index contributed by atoms with van der Waals surface area (Å²) in [6.45, 7) is 3.89. The molecule has 0 radical (unpaired) electrons. The minimum atomic E-state index is 0.416. The van der Waals surface area contributed by atoms with E-state index in [0.717, 1.165) is 22.3 Å². The number of nitrogens with two attached hydrogens (primary N) is 2. The van der Waals surface area contributed by atoms with Crippen LogP contribution in [0.4, 0.5) is 5.82 Å². The van der Waals surface area contributed by atoms with Crippen molar-refractivity contribution < 1.29 is 0 Å². The lowest BCUT2D eigenvalue weighted by Crippen LogP contribution is -2.11. The Bertz CT molecular complexity index is 759. The van der Waals surface area contributed by atoms with Gasteiger partial charge in [0.15, 0.2) is 11.6 Å². The summed E-state index contributed by atoms with van der Waals surface area (Å²) in [4.78, 5) is 8.83. The largest absolute Gasteiger partial charge is 0.382 e. The number of rotatable bonds is 1. The van der Waals surface area contributed by atoms with Crippen molar-refractivity contribution in [2.24, 2.45) is 0 Å². The maximum atomic E-state index is 6.18. The molecule has 0 saturated carbocycles. The lowest BCUT2D eigenvalue weighted by Gasteiger charge is -2.06. The van der Waals surface area contributed by atoms with Gasteiger partial charge in [-0.1, -0.05) is 30.3 Å². The van der Waals surface area contributed by atoms with E-state index in [1.54, 1.807) is 4.68 Å². The number of imidazole rings is 1. The highest BCUT2D eigenvalue weighted by atomic mass is 15.3. The lowest BCUT2D eigenvalue weighted by atomic mass is 10.2. The van der Waals surface area contributed by atoms with Crippen LogP contribution in [-0.4, -0.2) is 14.6 Å². The quantitative estimate of drug-likeness (QED) is 0.650. The van der Waals surface area contributed by atoms with Gasteiger partial charge < -0.3 is 11.6 Å². The Kier molecular flexibility index (Phi) is 2.41. The topological polar surface area (TPSA) is 82.8 Å². The first-order valence-corrected chi connectivity index (χ1v) is 6.05. The summed E-state index contributed by atoms with van der Waals surface area (Å²) >= 11 is 0. The lowest BCUT2D eigenvalue weighted by molar-refractivity contribution is 1.04. The Morgan fingerprint density at radius 2 is 1.74 bits per heavy atom. The number of nitrogen functional groups attached to an aromatic ring is 2. The third-order valence-electron chi connectivity index (χ3n) is 3.37. The highest BCUT2D eigenvalue weighted by Gasteiger charge is 2.16. The van der Waals surface area contributed by atoms with Gasteiger partial charge in [0.1, 0.15) is 5.52 Å². The fourth-order valence-corrected chi connectivity index (χ4v) is 2.25. The summed E-state index contributed by atoms with van der Waals surface area (Å²) in [6, 6.07) is 9.80. The number of nitrogens with zero attached hydrogens (tertiary/aromatic N) is 3. The van der Waals surface area contributed by atoms with E-state index in [2.05, 4.69) is 9.97 Å². The number of anilines is 1. The second-order valence-corrected chi connectivity index (χ2v) is 4.58. The first kappa shape index (κ1) is 11.5. The fraction of sp³-hybridized carbons (Fsp3) is 0.143. The molecule has 0 fully saturated rings. The summed E-state index contributed by atoms with van der Waals surface area (Å²) in [5.41, 5.74) is 10.3. The Labute approximate surface area is 110 Å². The minimum Gasteiger partial charge on any atom is -0.382 e. The molecule has 0 atom stereocenters. The van der Waals surface area contributed by atoms with Gasteiger partial charge >= 0.3 is 0 Å². The number of aromatic nitrogens is 3. The highest BCUT2D eigenvalue weighted by Crippen LogP contribution is 2.28. The van der Waals surface area contributed by atoms with Gasteiger partial charge in [0.05, 0.1) is 5.52 Å². The van der Waals surface area contributed by atoms with Crippen LogP contribution in [0.5, 0.6) is 0 Å². The van der Waals surface area contributed by atoms with Crippen LogP contribution in [0.15, 0.2) is 30.3 Å². The standard InChI is InChI=1S/C14H15N5/c1-8-9(2)17-13(15)11-12(8)19(16)14(18-11)10-6-4-3-5-7-10/h3-7H,16H2,1-2H3,(H2,15,17). The van der Waals surface area contributed by atoms with Crippen molar-refractivity contribution in [2.75, 3.05) is 11.6 Å². The third-order valence-corrected chi connectivity index (χ3v) is 3.37. The van der Waals surface area contributed by atoms with Crippen molar-refractivity contribution in [3.63, 3.8) is 0 Å². The molecule has 5 nitrogen and oxygen atoms in total. The van der Waals surface area contributed by atoms with Crippen LogP contribution < -0.4 is 11.6 Å². The van der Waals surface area contributed by atoms with Gasteiger partial charge in [0.25, 0.3) is 0 Å². The summed E-state index contributed by atoms with van der Waals surface area (Å²) in [6.07, 6.45) is 0. The monoisotopic (exact) mass is 253 g/mol. The van der Waals surface area contributed by atoms with E-state index in [1.165, 1.54) is 0 Å². The SMILES string of the molecule is Cc1nc(N)c2nc(-c3ccccc3)n(N)c2c1C. The molecule has 0 amide bonds. The molecule has 0 saturated heterocycles. The van der Waals surface area contributed by atoms with Crippen LogP contribution in [0.1, 0.15) is 11.3 Å². The maximum absolute atomic E-state index is 6.18. The predicted octanol–water partition coefficient (Wildman–Crippen LogP) is 2.01. The summed E-state index contributed by atoms with van der Waals surface area (Å²) < 4.78 is 1.59. The van der Waals surface area contributed by atoms with Crippen molar-refractivity contribution in [3.8, 4) is 11.4 Å². The molecule has 0 aliphatic carbocycles. The second kappa shape index (κ2) is 3.98. The van der Waals surface area contributed by atoms with E-state index in [9.17, 15) is 0 Å². The maximum Gasteiger partial charge on any atom is 0.159 e. The van der Waals surface area contributed by atoms with Gasteiger partial charge in [-0.2, -0.15) is 0 Å². The van der Waals surface area contributed by atoms with Crippen LogP contribution >= 0.6 is 0 Å². The molecule has 0 aliphatic rings. The summed E-state index contributed by atoms with van der Waals surface area (Å²) in [5, 5.41) is 0.